The molecule has 0 fully saturated rings. The summed E-state index contributed by atoms with van der Waals surface area (Å²) in [4.78, 5) is 21.3. The van der Waals surface area contributed by atoms with Gasteiger partial charge >= 0.3 is 0 Å². The molecule has 5 rings (SSSR count). The molecule has 26 heavy (non-hydrogen) atoms. The highest BCUT2D eigenvalue weighted by Gasteiger charge is 2.23. The minimum atomic E-state index is -0.0818. The van der Waals surface area contributed by atoms with Crippen molar-refractivity contribution in [1.29, 1.82) is 0 Å². The monoisotopic (exact) mass is 338 g/mol. The number of rotatable bonds is 3. The van der Waals surface area contributed by atoms with E-state index in [0.29, 0.717) is 22.6 Å². The van der Waals surface area contributed by atoms with Gasteiger partial charge in [0.25, 0.3) is 0 Å². The van der Waals surface area contributed by atoms with Crippen molar-refractivity contribution >= 4 is 27.6 Å². The summed E-state index contributed by atoms with van der Waals surface area (Å²) >= 11 is 0. The molecule has 124 valence electrons. The van der Waals surface area contributed by atoms with Gasteiger partial charge in [0.2, 0.25) is 0 Å². The zero-order valence-corrected chi connectivity index (χ0v) is 13.8. The minimum absolute atomic E-state index is 0.0818. The van der Waals surface area contributed by atoms with Crippen LogP contribution in [0, 0.1) is 0 Å². The first kappa shape index (κ1) is 14.7. The number of para-hydroxylation sites is 1. The number of ketones is 1. The van der Waals surface area contributed by atoms with Crippen LogP contribution in [0.1, 0.15) is 15.9 Å². The van der Waals surface area contributed by atoms with Gasteiger partial charge in [0, 0.05) is 28.0 Å². The molecule has 3 aromatic heterocycles. The van der Waals surface area contributed by atoms with Crippen molar-refractivity contribution in [3.8, 4) is 11.5 Å². The van der Waals surface area contributed by atoms with Crippen molar-refractivity contribution in [2.75, 3.05) is 0 Å². The van der Waals surface area contributed by atoms with Crippen LogP contribution in [0.15, 0.2) is 83.6 Å². The van der Waals surface area contributed by atoms with Crippen molar-refractivity contribution < 1.29 is 9.21 Å². The standard InChI is InChI=1S/C22H14N2O2/c25-22(14-7-2-1-3-8-14)19-20-16(15-9-4-5-10-17(15)24-20)13-23-21(19)18-11-6-12-26-18/h1-13,24H. The van der Waals surface area contributed by atoms with E-state index in [4.69, 9.17) is 4.42 Å². The molecule has 0 unspecified atom stereocenters. The number of H-pyrrole nitrogens is 1. The molecule has 0 aliphatic rings. The van der Waals surface area contributed by atoms with Crippen molar-refractivity contribution in [2.24, 2.45) is 0 Å². The van der Waals surface area contributed by atoms with Gasteiger partial charge in [0.15, 0.2) is 11.5 Å². The SMILES string of the molecule is O=C(c1ccccc1)c1c(-c2ccco2)ncc2c1[nH]c1ccccc12. The van der Waals surface area contributed by atoms with Crippen molar-refractivity contribution in [3.05, 3.63) is 90.3 Å². The number of carbonyl (C=O) groups is 1. The van der Waals surface area contributed by atoms with Crippen LogP contribution in [-0.4, -0.2) is 15.8 Å². The number of hydrogen-bond acceptors (Lipinski definition) is 3. The zero-order valence-electron chi connectivity index (χ0n) is 13.8. The van der Waals surface area contributed by atoms with Gasteiger partial charge in [0.1, 0.15) is 5.69 Å². The van der Waals surface area contributed by atoms with E-state index in [1.54, 1.807) is 18.5 Å². The number of furan rings is 1. The number of nitrogens with one attached hydrogen (secondary N) is 1. The van der Waals surface area contributed by atoms with Crippen molar-refractivity contribution in [2.45, 2.75) is 0 Å². The Morgan fingerprint density at radius 2 is 1.69 bits per heavy atom. The summed E-state index contributed by atoms with van der Waals surface area (Å²) in [5.41, 5.74) is 3.44. The van der Waals surface area contributed by atoms with E-state index >= 15 is 0 Å². The van der Waals surface area contributed by atoms with Crippen LogP contribution >= 0.6 is 0 Å². The molecule has 4 nitrogen and oxygen atoms in total. The summed E-state index contributed by atoms with van der Waals surface area (Å²) in [6.07, 6.45) is 3.39. The predicted molar refractivity (Wildman–Crippen MR) is 101 cm³/mol. The van der Waals surface area contributed by atoms with Crippen LogP contribution in [0.4, 0.5) is 0 Å². The van der Waals surface area contributed by atoms with E-state index < -0.39 is 0 Å². The Morgan fingerprint density at radius 1 is 0.885 bits per heavy atom. The lowest BCUT2D eigenvalue weighted by molar-refractivity contribution is 0.104. The molecule has 0 saturated carbocycles. The third-order valence-corrected chi connectivity index (χ3v) is 4.57. The largest absolute Gasteiger partial charge is 0.463 e. The number of carbonyl (C=O) groups excluding carboxylic acids is 1. The van der Waals surface area contributed by atoms with Gasteiger partial charge < -0.3 is 9.40 Å². The number of benzene rings is 2. The first-order chi connectivity index (χ1) is 12.8. The van der Waals surface area contributed by atoms with Crippen molar-refractivity contribution in [3.63, 3.8) is 0 Å². The van der Waals surface area contributed by atoms with Crippen molar-refractivity contribution in [1.82, 2.24) is 9.97 Å². The lowest BCUT2D eigenvalue weighted by Crippen LogP contribution is -2.06. The van der Waals surface area contributed by atoms with Gasteiger partial charge in [-0.1, -0.05) is 48.5 Å². The maximum atomic E-state index is 13.4. The molecule has 0 amide bonds. The first-order valence-electron chi connectivity index (χ1n) is 8.36. The quantitative estimate of drug-likeness (QED) is 0.460. The number of nitrogens with zero attached hydrogens (tertiary/aromatic N) is 1. The fourth-order valence-corrected chi connectivity index (χ4v) is 3.36. The Morgan fingerprint density at radius 3 is 2.50 bits per heavy atom. The Balaban J connectivity index is 1.87. The summed E-state index contributed by atoms with van der Waals surface area (Å²) in [7, 11) is 0. The summed E-state index contributed by atoms with van der Waals surface area (Å²) in [6, 6.07) is 20.8. The van der Waals surface area contributed by atoms with Gasteiger partial charge in [0.05, 0.1) is 17.3 Å². The molecule has 0 saturated heterocycles. The fourth-order valence-electron chi connectivity index (χ4n) is 3.36. The second-order valence-electron chi connectivity index (χ2n) is 6.11. The van der Waals surface area contributed by atoms with Gasteiger partial charge in [-0.2, -0.15) is 0 Å². The zero-order chi connectivity index (χ0) is 17.5. The summed E-state index contributed by atoms with van der Waals surface area (Å²) in [6.45, 7) is 0. The first-order valence-corrected chi connectivity index (χ1v) is 8.36. The molecular weight excluding hydrogens is 324 g/mol. The molecule has 0 radical (unpaired) electrons. The molecule has 1 N–H and O–H groups in total. The molecule has 2 aromatic carbocycles. The number of aromatic amines is 1. The minimum Gasteiger partial charge on any atom is -0.463 e. The molecule has 4 heteroatoms. The number of pyridine rings is 1. The molecule has 0 bridgehead atoms. The average molecular weight is 338 g/mol. The lowest BCUT2D eigenvalue weighted by Gasteiger charge is -2.08. The molecular formula is C22H14N2O2. The van der Waals surface area contributed by atoms with Crippen LogP contribution in [0.25, 0.3) is 33.3 Å². The summed E-state index contributed by atoms with van der Waals surface area (Å²) in [5, 5.41) is 1.97. The second-order valence-corrected chi connectivity index (χ2v) is 6.11. The average Bonchev–Trinajstić information content (AvgIpc) is 3.35. The van der Waals surface area contributed by atoms with E-state index in [9.17, 15) is 4.79 Å². The van der Waals surface area contributed by atoms with Crippen LogP contribution in [-0.2, 0) is 0 Å². The Kier molecular flexibility index (Phi) is 3.22. The predicted octanol–water partition coefficient (Wildman–Crippen LogP) is 5.21. The Bertz CT molecular complexity index is 1240. The van der Waals surface area contributed by atoms with Crippen LogP contribution < -0.4 is 0 Å². The summed E-state index contributed by atoms with van der Waals surface area (Å²) < 4.78 is 5.54. The fraction of sp³-hybridized carbons (Fsp3) is 0. The maximum Gasteiger partial charge on any atom is 0.197 e. The van der Waals surface area contributed by atoms with Crippen LogP contribution in [0.5, 0.6) is 0 Å². The lowest BCUT2D eigenvalue weighted by atomic mass is 9.98. The smallest absolute Gasteiger partial charge is 0.197 e. The third kappa shape index (κ3) is 2.16. The van der Waals surface area contributed by atoms with Gasteiger partial charge in [-0.25, -0.2) is 0 Å². The summed E-state index contributed by atoms with van der Waals surface area (Å²) in [5.74, 6) is 0.492. The van der Waals surface area contributed by atoms with E-state index in [1.807, 2.05) is 60.7 Å². The Hall–Kier alpha value is -3.66. The highest BCUT2D eigenvalue weighted by atomic mass is 16.3. The topological polar surface area (TPSA) is 58.9 Å². The molecule has 0 spiro atoms. The van der Waals surface area contributed by atoms with E-state index in [2.05, 4.69) is 9.97 Å². The Labute approximate surface area is 149 Å². The van der Waals surface area contributed by atoms with Gasteiger partial charge in [-0.15, -0.1) is 0 Å². The van der Waals surface area contributed by atoms with Gasteiger partial charge in [-0.05, 0) is 18.2 Å². The second kappa shape index (κ2) is 5.70. The number of fused-ring (bicyclic) bond motifs is 3. The van der Waals surface area contributed by atoms with E-state index in [1.165, 1.54) is 0 Å². The third-order valence-electron chi connectivity index (χ3n) is 4.57. The van der Waals surface area contributed by atoms with Crippen LogP contribution in [0.3, 0.4) is 0 Å². The molecule has 0 atom stereocenters. The highest BCUT2D eigenvalue weighted by molar-refractivity contribution is 6.22. The normalized spacial score (nSPS) is 11.2. The molecule has 0 aliphatic carbocycles. The number of aromatic nitrogens is 2. The maximum absolute atomic E-state index is 13.4. The van der Waals surface area contributed by atoms with E-state index in [-0.39, 0.29) is 5.78 Å². The van der Waals surface area contributed by atoms with E-state index in [0.717, 1.165) is 21.8 Å². The highest BCUT2D eigenvalue weighted by Crippen LogP contribution is 2.33. The number of hydrogen-bond donors (Lipinski definition) is 1. The molecule has 3 heterocycles. The molecule has 5 aromatic rings. The van der Waals surface area contributed by atoms with Crippen LogP contribution in [0.2, 0.25) is 0 Å². The van der Waals surface area contributed by atoms with Gasteiger partial charge in [-0.3, -0.25) is 9.78 Å². The molecule has 0 aliphatic heterocycles.